The first kappa shape index (κ1) is 16.8. The lowest BCUT2D eigenvalue weighted by Gasteiger charge is -2.54. The maximum Gasteiger partial charge on any atom is 0.131 e. The topological polar surface area (TPSA) is 9.23 Å². The highest BCUT2D eigenvalue weighted by Crippen LogP contribution is 2.61. The van der Waals surface area contributed by atoms with Crippen molar-refractivity contribution >= 4 is 0 Å². The van der Waals surface area contributed by atoms with Crippen molar-refractivity contribution in [3.8, 4) is 11.5 Å². The molecule has 0 spiro atoms. The number of rotatable bonds is 3. The fourth-order valence-electron chi connectivity index (χ4n) is 4.72. The van der Waals surface area contributed by atoms with Gasteiger partial charge < -0.3 is 4.74 Å². The van der Waals surface area contributed by atoms with Crippen LogP contribution in [-0.2, 0) is 5.41 Å². The van der Waals surface area contributed by atoms with Gasteiger partial charge in [-0.3, -0.25) is 0 Å². The SMILES string of the molecule is CC=C(C)C(C)(C)C1(C(C)C)c2ccccc2Oc2ccccc21. The summed E-state index contributed by atoms with van der Waals surface area (Å²) in [6.45, 7) is 13.8. The first-order valence-corrected chi connectivity index (χ1v) is 8.87. The Morgan fingerprint density at radius 2 is 1.42 bits per heavy atom. The molecule has 3 rings (SSSR count). The van der Waals surface area contributed by atoms with Gasteiger partial charge in [-0.2, -0.15) is 0 Å². The zero-order valence-electron chi connectivity index (χ0n) is 15.7. The van der Waals surface area contributed by atoms with Gasteiger partial charge in [0.1, 0.15) is 11.5 Å². The van der Waals surface area contributed by atoms with Gasteiger partial charge in [0.05, 0.1) is 0 Å². The van der Waals surface area contributed by atoms with Crippen molar-refractivity contribution in [2.75, 3.05) is 0 Å². The number of allylic oxidation sites excluding steroid dienone is 2. The Bertz CT molecular complexity index is 735. The quantitative estimate of drug-likeness (QED) is 0.570. The second-order valence-corrected chi connectivity index (χ2v) is 7.65. The van der Waals surface area contributed by atoms with Gasteiger partial charge in [-0.1, -0.05) is 75.7 Å². The second-order valence-electron chi connectivity index (χ2n) is 7.65. The van der Waals surface area contributed by atoms with E-state index < -0.39 is 0 Å². The van der Waals surface area contributed by atoms with E-state index in [2.05, 4.69) is 96.1 Å². The first-order chi connectivity index (χ1) is 11.4. The smallest absolute Gasteiger partial charge is 0.131 e. The highest BCUT2D eigenvalue weighted by Gasteiger charge is 2.54. The Morgan fingerprint density at radius 3 is 1.83 bits per heavy atom. The third kappa shape index (κ3) is 2.07. The predicted molar refractivity (Wildman–Crippen MR) is 102 cm³/mol. The largest absolute Gasteiger partial charge is 0.457 e. The lowest BCUT2D eigenvalue weighted by molar-refractivity contribution is 0.166. The van der Waals surface area contributed by atoms with E-state index in [1.54, 1.807) is 0 Å². The molecular formula is C23H28O. The molecule has 0 bridgehead atoms. The van der Waals surface area contributed by atoms with Crippen LogP contribution in [0.4, 0.5) is 0 Å². The van der Waals surface area contributed by atoms with Gasteiger partial charge in [-0.05, 0) is 37.3 Å². The lowest BCUT2D eigenvalue weighted by Crippen LogP contribution is -2.49. The average molecular weight is 320 g/mol. The van der Waals surface area contributed by atoms with Crippen LogP contribution in [0, 0.1) is 11.3 Å². The van der Waals surface area contributed by atoms with Crippen molar-refractivity contribution in [1.82, 2.24) is 0 Å². The van der Waals surface area contributed by atoms with E-state index in [1.807, 2.05) is 0 Å². The summed E-state index contributed by atoms with van der Waals surface area (Å²) in [5.41, 5.74) is 3.83. The van der Waals surface area contributed by atoms with Gasteiger partial charge in [0.25, 0.3) is 0 Å². The van der Waals surface area contributed by atoms with E-state index in [4.69, 9.17) is 4.74 Å². The molecule has 0 unspecified atom stereocenters. The molecule has 0 saturated carbocycles. The Labute approximate surface area is 146 Å². The predicted octanol–water partition coefficient (Wildman–Crippen LogP) is 6.73. The van der Waals surface area contributed by atoms with Gasteiger partial charge in [0, 0.05) is 16.5 Å². The summed E-state index contributed by atoms with van der Waals surface area (Å²) in [5.74, 6) is 2.40. The van der Waals surface area contributed by atoms with Crippen LogP contribution in [0.3, 0.4) is 0 Å². The van der Waals surface area contributed by atoms with E-state index >= 15 is 0 Å². The van der Waals surface area contributed by atoms with Crippen LogP contribution < -0.4 is 4.74 Å². The Morgan fingerprint density at radius 1 is 0.958 bits per heavy atom. The molecule has 1 nitrogen and oxygen atoms in total. The summed E-state index contributed by atoms with van der Waals surface area (Å²) in [6.07, 6.45) is 2.25. The molecule has 1 aliphatic heterocycles. The number of hydrogen-bond donors (Lipinski definition) is 0. The van der Waals surface area contributed by atoms with Crippen molar-refractivity contribution in [2.45, 2.75) is 47.0 Å². The standard InChI is InChI=1S/C23H28O/c1-7-17(4)22(5,6)23(16(2)3)18-12-8-10-14-20(18)24-21-15-11-9-13-19(21)23/h7-16H,1-6H3. The highest BCUT2D eigenvalue weighted by molar-refractivity contribution is 5.60. The number of hydrogen-bond acceptors (Lipinski definition) is 1. The number of para-hydroxylation sites is 2. The minimum Gasteiger partial charge on any atom is -0.457 e. The number of benzene rings is 2. The summed E-state index contributed by atoms with van der Waals surface area (Å²) in [6, 6.07) is 17.1. The Kier molecular flexibility index (Phi) is 4.07. The van der Waals surface area contributed by atoms with E-state index in [0.29, 0.717) is 5.92 Å². The second kappa shape index (κ2) is 5.81. The third-order valence-electron chi connectivity index (χ3n) is 6.11. The molecule has 24 heavy (non-hydrogen) atoms. The van der Waals surface area contributed by atoms with Crippen LogP contribution in [0.15, 0.2) is 60.2 Å². The Hall–Kier alpha value is -2.02. The van der Waals surface area contributed by atoms with Crippen LogP contribution >= 0.6 is 0 Å². The summed E-state index contributed by atoms with van der Waals surface area (Å²) < 4.78 is 6.27. The molecule has 0 aromatic heterocycles. The van der Waals surface area contributed by atoms with Crippen LogP contribution in [-0.4, -0.2) is 0 Å². The fourth-order valence-corrected chi connectivity index (χ4v) is 4.72. The van der Waals surface area contributed by atoms with E-state index in [9.17, 15) is 0 Å². The molecule has 1 heterocycles. The van der Waals surface area contributed by atoms with Gasteiger partial charge in [-0.25, -0.2) is 0 Å². The minimum absolute atomic E-state index is 0.0358. The summed E-state index contributed by atoms with van der Waals surface area (Å²) in [7, 11) is 0. The summed E-state index contributed by atoms with van der Waals surface area (Å²) in [4.78, 5) is 0. The summed E-state index contributed by atoms with van der Waals surface area (Å²) >= 11 is 0. The molecule has 0 N–H and O–H groups in total. The summed E-state index contributed by atoms with van der Waals surface area (Å²) in [5, 5.41) is 0. The highest BCUT2D eigenvalue weighted by atomic mass is 16.5. The van der Waals surface area contributed by atoms with Gasteiger partial charge >= 0.3 is 0 Å². The van der Waals surface area contributed by atoms with Gasteiger partial charge in [-0.15, -0.1) is 0 Å². The zero-order chi connectivity index (χ0) is 17.5. The zero-order valence-corrected chi connectivity index (χ0v) is 15.7. The van der Waals surface area contributed by atoms with Crippen molar-refractivity contribution in [3.63, 3.8) is 0 Å². The molecule has 0 amide bonds. The van der Waals surface area contributed by atoms with E-state index in [0.717, 1.165) is 11.5 Å². The van der Waals surface area contributed by atoms with Crippen molar-refractivity contribution in [2.24, 2.45) is 11.3 Å². The third-order valence-corrected chi connectivity index (χ3v) is 6.11. The van der Waals surface area contributed by atoms with Crippen LogP contribution in [0.1, 0.15) is 52.7 Å². The van der Waals surface area contributed by atoms with E-state index in [1.165, 1.54) is 16.7 Å². The fraction of sp³-hybridized carbons (Fsp3) is 0.391. The maximum absolute atomic E-state index is 6.27. The molecular weight excluding hydrogens is 292 g/mol. The first-order valence-electron chi connectivity index (χ1n) is 8.87. The maximum atomic E-state index is 6.27. The monoisotopic (exact) mass is 320 g/mol. The molecule has 0 aliphatic carbocycles. The molecule has 0 radical (unpaired) electrons. The van der Waals surface area contributed by atoms with Crippen LogP contribution in [0.25, 0.3) is 0 Å². The molecule has 1 aliphatic rings. The molecule has 0 atom stereocenters. The van der Waals surface area contributed by atoms with Crippen molar-refractivity contribution in [1.29, 1.82) is 0 Å². The van der Waals surface area contributed by atoms with Gasteiger partial charge in [0.15, 0.2) is 0 Å². The van der Waals surface area contributed by atoms with Crippen LogP contribution in [0.5, 0.6) is 11.5 Å². The normalized spacial score (nSPS) is 16.4. The molecule has 1 heteroatoms. The molecule has 0 saturated heterocycles. The lowest BCUT2D eigenvalue weighted by atomic mass is 9.50. The Balaban J connectivity index is 2.46. The number of ether oxygens (including phenoxy) is 1. The molecule has 0 fully saturated rings. The minimum atomic E-state index is -0.130. The molecule has 126 valence electrons. The van der Waals surface area contributed by atoms with Gasteiger partial charge in [0.2, 0.25) is 0 Å². The van der Waals surface area contributed by atoms with Crippen molar-refractivity contribution in [3.05, 3.63) is 71.3 Å². The van der Waals surface area contributed by atoms with E-state index in [-0.39, 0.29) is 10.8 Å². The number of fused-ring (bicyclic) bond motifs is 2. The van der Waals surface area contributed by atoms with Crippen molar-refractivity contribution < 1.29 is 4.74 Å². The molecule has 2 aromatic rings. The van der Waals surface area contributed by atoms with Crippen LogP contribution in [0.2, 0.25) is 0 Å². The average Bonchev–Trinajstić information content (AvgIpc) is 2.58. The molecule has 2 aromatic carbocycles.